The Morgan fingerprint density at radius 3 is 2.52 bits per heavy atom. The van der Waals surface area contributed by atoms with Crippen molar-refractivity contribution in [3.63, 3.8) is 0 Å². The largest absolute Gasteiger partial charge is 0.465 e. The molecule has 1 aromatic carbocycles. The molecular formula is C14H13FN4O4. The third-order valence-corrected chi connectivity index (χ3v) is 2.66. The minimum atomic E-state index is -0.946. The van der Waals surface area contributed by atoms with E-state index in [1.54, 1.807) is 6.92 Å². The van der Waals surface area contributed by atoms with E-state index < -0.39 is 23.6 Å². The first-order valence-corrected chi connectivity index (χ1v) is 6.58. The van der Waals surface area contributed by atoms with Gasteiger partial charge < -0.3 is 9.47 Å². The number of esters is 2. The number of hydrogen-bond donors (Lipinski definition) is 1. The fraction of sp³-hybridized carbons (Fsp3) is 0.214. The van der Waals surface area contributed by atoms with Crippen LogP contribution in [0, 0.1) is 5.95 Å². The van der Waals surface area contributed by atoms with Crippen molar-refractivity contribution >= 4 is 23.6 Å². The Hall–Kier alpha value is -3.10. The van der Waals surface area contributed by atoms with Crippen LogP contribution in [0.25, 0.3) is 0 Å². The number of aromatic amines is 1. The van der Waals surface area contributed by atoms with Gasteiger partial charge in [0.1, 0.15) is 0 Å². The molecule has 0 amide bonds. The highest BCUT2D eigenvalue weighted by atomic mass is 19.1. The molecule has 0 fully saturated rings. The lowest BCUT2D eigenvalue weighted by atomic mass is 10.2. The van der Waals surface area contributed by atoms with E-state index in [0.29, 0.717) is 11.3 Å². The number of H-pyrrole nitrogens is 1. The van der Waals surface area contributed by atoms with Crippen LogP contribution in [0.5, 0.6) is 0 Å². The molecule has 0 saturated carbocycles. The van der Waals surface area contributed by atoms with Gasteiger partial charge in [0.15, 0.2) is 0 Å². The predicted molar refractivity (Wildman–Crippen MR) is 76.5 cm³/mol. The van der Waals surface area contributed by atoms with Crippen LogP contribution in [0.3, 0.4) is 0 Å². The molecule has 1 N–H and O–H groups in total. The van der Waals surface area contributed by atoms with E-state index in [0.717, 1.165) is 0 Å². The molecule has 2 aromatic rings. The maximum absolute atomic E-state index is 13.5. The summed E-state index contributed by atoms with van der Waals surface area (Å²) in [7, 11) is 1.28. The highest BCUT2D eigenvalue weighted by Crippen LogP contribution is 2.18. The Kier molecular flexibility index (Phi) is 5.13. The zero-order valence-corrected chi connectivity index (χ0v) is 12.4. The number of methoxy groups -OCH3 is 1. The summed E-state index contributed by atoms with van der Waals surface area (Å²) in [5, 5.41) is 7.51. The average Bonchev–Trinajstić information content (AvgIpc) is 2.94. The first kappa shape index (κ1) is 16.3. The number of nitrogens with one attached hydrogen (secondary N) is 1. The standard InChI is InChI=1S/C14H13FN4O4/c1-3-23-13(21)10-11(15)17-14(16-10)19-18-9-6-4-8(5-7-9)12(20)22-2/h4-7H,3H2,1-2H3,(H,16,17). The number of hydrogen-bond acceptors (Lipinski definition) is 7. The van der Waals surface area contributed by atoms with Gasteiger partial charge in [-0.15, -0.1) is 10.2 Å². The predicted octanol–water partition coefficient (Wildman–Crippen LogP) is 2.93. The fourth-order valence-corrected chi connectivity index (χ4v) is 1.61. The second-order valence-corrected chi connectivity index (χ2v) is 4.18. The molecule has 1 heterocycles. The van der Waals surface area contributed by atoms with Crippen LogP contribution >= 0.6 is 0 Å². The summed E-state index contributed by atoms with van der Waals surface area (Å²) < 4.78 is 22.7. The lowest BCUT2D eigenvalue weighted by molar-refractivity contribution is 0.0513. The number of halogens is 1. The minimum absolute atomic E-state index is 0.106. The SMILES string of the molecule is CCOC(=O)c1nc(N=Nc2ccc(C(=O)OC)cc2)[nH]c1F. The summed E-state index contributed by atoms with van der Waals surface area (Å²) in [6, 6.07) is 6.07. The van der Waals surface area contributed by atoms with E-state index in [4.69, 9.17) is 0 Å². The number of rotatable bonds is 5. The Bertz CT molecular complexity index is 740. The highest BCUT2D eigenvalue weighted by Gasteiger charge is 2.18. The topological polar surface area (TPSA) is 106 Å². The number of nitrogens with zero attached hydrogens (tertiary/aromatic N) is 3. The quantitative estimate of drug-likeness (QED) is 0.673. The van der Waals surface area contributed by atoms with E-state index in [-0.39, 0.29) is 12.6 Å². The summed E-state index contributed by atoms with van der Waals surface area (Å²) in [4.78, 5) is 28.5. The average molecular weight is 320 g/mol. The van der Waals surface area contributed by atoms with Gasteiger partial charge in [-0.1, -0.05) is 0 Å². The minimum Gasteiger partial charge on any atom is -0.465 e. The van der Waals surface area contributed by atoms with Gasteiger partial charge >= 0.3 is 11.9 Å². The van der Waals surface area contributed by atoms with Crippen LogP contribution < -0.4 is 0 Å². The number of carbonyl (C=O) groups is 2. The molecule has 0 aliphatic heterocycles. The number of imidazole rings is 1. The van der Waals surface area contributed by atoms with Crippen LogP contribution in [0.4, 0.5) is 16.0 Å². The summed E-state index contributed by atoms with van der Waals surface area (Å²) >= 11 is 0. The summed E-state index contributed by atoms with van der Waals surface area (Å²) in [5.41, 5.74) is 0.286. The van der Waals surface area contributed by atoms with Crippen molar-refractivity contribution in [2.24, 2.45) is 10.2 Å². The molecular weight excluding hydrogens is 307 g/mol. The Balaban J connectivity index is 2.12. The molecule has 0 atom stereocenters. The molecule has 23 heavy (non-hydrogen) atoms. The van der Waals surface area contributed by atoms with Gasteiger partial charge in [-0.25, -0.2) is 9.59 Å². The maximum Gasteiger partial charge on any atom is 0.361 e. The van der Waals surface area contributed by atoms with Crippen LogP contribution in [-0.2, 0) is 9.47 Å². The lowest BCUT2D eigenvalue weighted by Crippen LogP contribution is -2.06. The zero-order chi connectivity index (χ0) is 16.8. The van der Waals surface area contributed by atoms with Gasteiger partial charge in [0.05, 0.1) is 25.0 Å². The van der Waals surface area contributed by atoms with E-state index >= 15 is 0 Å². The number of aromatic nitrogens is 2. The smallest absolute Gasteiger partial charge is 0.361 e. The Labute approximate surface area is 130 Å². The summed E-state index contributed by atoms with van der Waals surface area (Å²) in [6.07, 6.45) is 0. The van der Waals surface area contributed by atoms with Crippen LogP contribution in [0.15, 0.2) is 34.5 Å². The maximum atomic E-state index is 13.5. The molecule has 1 aromatic heterocycles. The van der Waals surface area contributed by atoms with Gasteiger partial charge in [-0.3, -0.25) is 4.98 Å². The van der Waals surface area contributed by atoms with E-state index in [9.17, 15) is 14.0 Å². The highest BCUT2D eigenvalue weighted by molar-refractivity contribution is 5.89. The molecule has 0 unspecified atom stereocenters. The van der Waals surface area contributed by atoms with Crippen molar-refractivity contribution in [1.29, 1.82) is 0 Å². The first-order chi connectivity index (χ1) is 11.0. The fourth-order valence-electron chi connectivity index (χ4n) is 1.61. The van der Waals surface area contributed by atoms with Gasteiger partial charge in [0, 0.05) is 0 Å². The number of azo groups is 1. The third kappa shape index (κ3) is 3.96. The van der Waals surface area contributed by atoms with Gasteiger partial charge in [-0.05, 0) is 31.2 Å². The van der Waals surface area contributed by atoms with Crippen molar-refractivity contribution in [3.05, 3.63) is 41.5 Å². The molecule has 0 saturated heterocycles. The molecule has 2 rings (SSSR count). The van der Waals surface area contributed by atoms with Crippen molar-refractivity contribution in [2.75, 3.05) is 13.7 Å². The van der Waals surface area contributed by atoms with E-state index in [1.807, 2.05) is 0 Å². The number of benzene rings is 1. The van der Waals surface area contributed by atoms with Gasteiger partial charge in [0.2, 0.25) is 17.6 Å². The number of ether oxygens (including phenoxy) is 2. The summed E-state index contributed by atoms with van der Waals surface area (Å²) in [5.74, 6) is -2.48. The molecule has 0 radical (unpaired) electrons. The molecule has 0 spiro atoms. The third-order valence-electron chi connectivity index (χ3n) is 2.66. The van der Waals surface area contributed by atoms with Crippen molar-refractivity contribution in [2.45, 2.75) is 6.92 Å². The monoisotopic (exact) mass is 320 g/mol. The second-order valence-electron chi connectivity index (χ2n) is 4.18. The van der Waals surface area contributed by atoms with Crippen LogP contribution in [0.2, 0.25) is 0 Å². The zero-order valence-electron chi connectivity index (χ0n) is 12.4. The second kappa shape index (κ2) is 7.25. The van der Waals surface area contributed by atoms with Crippen molar-refractivity contribution < 1.29 is 23.5 Å². The molecule has 120 valence electrons. The van der Waals surface area contributed by atoms with E-state index in [2.05, 4.69) is 29.7 Å². The normalized spacial score (nSPS) is 10.7. The van der Waals surface area contributed by atoms with Crippen LogP contribution in [0.1, 0.15) is 27.8 Å². The van der Waals surface area contributed by atoms with Crippen molar-refractivity contribution in [3.8, 4) is 0 Å². The first-order valence-electron chi connectivity index (χ1n) is 6.58. The Morgan fingerprint density at radius 2 is 1.91 bits per heavy atom. The van der Waals surface area contributed by atoms with Gasteiger partial charge in [-0.2, -0.15) is 9.37 Å². The van der Waals surface area contributed by atoms with Crippen molar-refractivity contribution in [1.82, 2.24) is 9.97 Å². The molecule has 9 heteroatoms. The lowest BCUT2D eigenvalue weighted by Gasteiger charge is -1.98. The van der Waals surface area contributed by atoms with Crippen LogP contribution in [-0.4, -0.2) is 35.6 Å². The molecule has 0 aliphatic carbocycles. The van der Waals surface area contributed by atoms with E-state index in [1.165, 1.54) is 31.4 Å². The molecule has 0 aliphatic rings. The molecule has 0 bridgehead atoms. The van der Waals surface area contributed by atoms with Gasteiger partial charge in [0.25, 0.3) is 0 Å². The Morgan fingerprint density at radius 1 is 1.22 bits per heavy atom. The molecule has 8 nitrogen and oxygen atoms in total. The summed E-state index contributed by atoms with van der Waals surface area (Å²) in [6.45, 7) is 1.70. The number of carbonyl (C=O) groups excluding carboxylic acids is 2.